The molecule has 1 atom stereocenters. The fourth-order valence-corrected chi connectivity index (χ4v) is 4.59. The zero-order chi connectivity index (χ0) is 23.6. The number of benzene rings is 2. The lowest BCUT2D eigenvalue weighted by atomic mass is 9.94. The smallest absolute Gasteiger partial charge is 0.255 e. The van der Waals surface area contributed by atoms with E-state index in [1.165, 1.54) is 5.56 Å². The van der Waals surface area contributed by atoms with Gasteiger partial charge in [-0.15, -0.1) is 0 Å². The van der Waals surface area contributed by atoms with Crippen molar-refractivity contribution in [3.05, 3.63) is 69.5 Å². The number of pyridine rings is 1. The molecule has 0 radical (unpaired) electrons. The predicted molar refractivity (Wildman–Crippen MR) is 131 cm³/mol. The lowest BCUT2D eigenvalue weighted by Gasteiger charge is -2.36. The van der Waals surface area contributed by atoms with Gasteiger partial charge in [-0.1, -0.05) is 29.8 Å². The van der Waals surface area contributed by atoms with E-state index in [9.17, 15) is 4.79 Å². The van der Waals surface area contributed by atoms with Gasteiger partial charge in [0.25, 0.3) is 5.56 Å². The van der Waals surface area contributed by atoms with Crippen molar-refractivity contribution in [3.63, 3.8) is 0 Å². The fraction of sp³-hybridized carbons (Fsp3) is 0.444. The van der Waals surface area contributed by atoms with E-state index in [4.69, 9.17) is 14.2 Å². The summed E-state index contributed by atoms with van der Waals surface area (Å²) in [5, 5.41) is 4.55. The van der Waals surface area contributed by atoms with Crippen LogP contribution in [-0.4, -0.2) is 37.0 Å². The monoisotopic (exact) mass is 450 g/mol. The molecule has 1 aliphatic rings. The van der Waals surface area contributed by atoms with Crippen molar-refractivity contribution >= 4 is 10.9 Å². The van der Waals surface area contributed by atoms with Gasteiger partial charge >= 0.3 is 0 Å². The Kier molecular flexibility index (Phi) is 6.77. The number of fused-ring (bicyclic) bond motifs is 1. The third-order valence-electron chi connectivity index (χ3n) is 6.41. The number of aromatic nitrogens is 1. The number of methoxy groups -OCH3 is 2. The third kappa shape index (κ3) is 5.23. The zero-order valence-electron chi connectivity index (χ0n) is 20.2. The van der Waals surface area contributed by atoms with Crippen molar-refractivity contribution in [2.24, 2.45) is 0 Å². The molecule has 4 rings (SSSR count). The van der Waals surface area contributed by atoms with E-state index in [0.29, 0.717) is 30.6 Å². The molecule has 2 aromatic carbocycles. The summed E-state index contributed by atoms with van der Waals surface area (Å²) >= 11 is 0. The van der Waals surface area contributed by atoms with Gasteiger partial charge in [-0.3, -0.25) is 4.79 Å². The summed E-state index contributed by atoms with van der Waals surface area (Å²) in [4.78, 5) is 13.6. The van der Waals surface area contributed by atoms with Crippen LogP contribution in [-0.2, 0) is 17.8 Å². The minimum atomic E-state index is -0.144. The number of rotatable bonds is 7. The van der Waals surface area contributed by atoms with Crippen LogP contribution in [0, 0.1) is 6.92 Å². The Hall–Kier alpha value is -2.83. The SMILES string of the molecule is COc1cc2cc(CN[C@@H]3CCOC(C)(C)C3)c(=O)n(Cc3ccc(C)cc3)c2cc1OC. The molecule has 1 fully saturated rings. The summed E-state index contributed by atoms with van der Waals surface area (Å²) < 4.78 is 18.7. The van der Waals surface area contributed by atoms with Gasteiger partial charge in [-0.05, 0) is 51.3 Å². The summed E-state index contributed by atoms with van der Waals surface area (Å²) in [6.45, 7) is 8.03. The average Bonchev–Trinajstić information content (AvgIpc) is 2.79. The normalized spacial score (nSPS) is 17.8. The highest BCUT2D eigenvalue weighted by Crippen LogP contribution is 2.32. The Bertz CT molecular complexity index is 1180. The van der Waals surface area contributed by atoms with E-state index in [2.05, 4.69) is 50.4 Å². The van der Waals surface area contributed by atoms with E-state index in [0.717, 1.165) is 41.5 Å². The van der Waals surface area contributed by atoms with Crippen molar-refractivity contribution in [2.75, 3.05) is 20.8 Å². The van der Waals surface area contributed by atoms with Gasteiger partial charge in [-0.2, -0.15) is 0 Å². The second kappa shape index (κ2) is 9.57. The first-order valence-corrected chi connectivity index (χ1v) is 11.5. The molecule has 0 amide bonds. The summed E-state index contributed by atoms with van der Waals surface area (Å²) in [5.74, 6) is 1.26. The molecule has 33 heavy (non-hydrogen) atoms. The van der Waals surface area contributed by atoms with Crippen LogP contribution in [0.3, 0.4) is 0 Å². The maximum Gasteiger partial charge on any atom is 0.255 e. The molecule has 3 aromatic rings. The van der Waals surface area contributed by atoms with Crippen molar-refractivity contribution in [2.45, 2.75) is 58.3 Å². The van der Waals surface area contributed by atoms with Crippen molar-refractivity contribution < 1.29 is 14.2 Å². The van der Waals surface area contributed by atoms with Gasteiger partial charge in [0.2, 0.25) is 0 Å². The minimum absolute atomic E-state index is 0.00844. The van der Waals surface area contributed by atoms with Crippen LogP contribution in [0.25, 0.3) is 10.9 Å². The quantitative estimate of drug-likeness (QED) is 0.577. The number of aryl methyl sites for hydroxylation is 1. The summed E-state index contributed by atoms with van der Waals surface area (Å²) in [7, 11) is 3.24. The molecular weight excluding hydrogens is 416 g/mol. The van der Waals surface area contributed by atoms with Crippen molar-refractivity contribution in [3.8, 4) is 11.5 Å². The Balaban J connectivity index is 1.74. The van der Waals surface area contributed by atoms with Gasteiger partial charge in [-0.25, -0.2) is 0 Å². The van der Waals surface area contributed by atoms with Gasteiger partial charge < -0.3 is 24.1 Å². The number of ether oxygens (including phenoxy) is 3. The second-order valence-corrected chi connectivity index (χ2v) is 9.49. The van der Waals surface area contributed by atoms with Crippen LogP contribution in [0.4, 0.5) is 0 Å². The van der Waals surface area contributed by atoms with Gasteiger partial charge in [0, 0.05) is 36.2 Å². The van der Waals surface area contributed by atoms with E-state index < -0.39 is 0 Å². The minimum Gasteiger partial charge on any atom is -0.493 e. The summed E-state index contributed by atoms with van der Waals surface area (Å²) in [5.41, 5.74) is 3.71. The van der Waals surface area contributed by atoms with Crippen LogP contribution in [0.5, 0.6) is 11.5 Å². The molecule has 0 unspecified atom stereocenters. The van der Waals surface area contributed by atoms with Crippen LogP contribution < -0.4 is 20.3 Å². The molecule has 1 aromatic heterocycles. The van der Waals surface area contributed by atoms with E-state index in [1.807, 2.05) is 22.8 Å². The predicted octanol–water partition coefficient (Wildman–Crippen LogP) is 4.42. The number of nitrogens with zero attached hydrogens (tertiary/aromatic N) is 1. The Morgan fingerprint density at radius 3 is 2.45 bits per heavy atom. The van der Waals surface area contributed by atoms with E-state index in [-0.39, 0.29) is 11.2 Å². The maximum absolute atomic E-state index is 13.6. The average molecular weight is 451 g/mol. The summed E-state index contributed by atoms with van der Waals surface area (Å²) in [6, 6.07) is 14.4. The molecule has 176 valence electrons. The van der Waals surface area contributed by atoms with Crippen LogP contribution in [0.2, 0.25) is 0 Å². The first-order valence-electron chi connectivity index (χ1n) is 11.5. The first-order chi connectivity index (χ1) is 15.8. The van der Waals surface area contributed by atoms with Crippen LogP contribution >= 0.6 is 0 Å². The molecule has 1 N–H and O–H groups in total. The number of hydrogen-bond donors (Lipinski definition) is 1. The van der Waals surface area contributed by atoms with E-state index >= 15 is 0 Å². The first kappa shape index (κ1) is 23.3. The third-order valence-corrected chi connectivity index (χ3v) is 6.41. The van der Waals surface area contributed by atoms with Crippen LogP contribution in [0.1, 0.15) is 43.4 Å². The largest absolute Gasteiger partial charge is 0.493 e. The zero-order valence-corrected chi connectivity index (χ0v) is 20.2. The Morgan fingerprint density at radius 2 is 1.79 bits per heavy atom. The Labute approximate surface area is 195 Å². The highest BCUT2D eigenvalue weighted by atomic mass is 16.5. The van der Waals surface area contributed by atoms with Gasteiger partial charge in [0.15, 0.2) is 11.5 Å². The van der Waals surface area contributed by atoms with E-state index in [1.54, 1.807) is 14.2 Å². The molecule has 6 nitrogen and oxygen atoms in total. The molecule has 0 aliphatic carbocycles. The highest BCUT2D eigenvalue weighted by molar-refractivity contribution is 5.84. The van der Waals surface area contributed by atoms with Crippen molar-refractivity contribution in [1.82, 2.24) is 9.88 Å². The molecule has 0 spiro atoms. The molecular formula is C27H34N2O4. The highest BCUT2D eigenvalue weighted by Gasteiger charge is 2.28. The van der Waals surface area contributed by atoms with Crippen molar-refractivity contribution in [1.29, 1.82) is 0 Å². The standard InChI is InChI=1S/C27H34N2O4/c1-18-6-8-19(9-7-18)17-29-23-14-25(32-5)24(31-4)13-20(23)12-21(26(29)30)16-28-22-10-11-33-27(2,3)15-22/h6-9,12-14,22,28H,10-11,15-17H2,1-5H3/t22-/m1/s1. The van der Waals surface area contributed by atoms with Gasteiger partial charge in [0.1, 0.15) is 0 Å². The molecule has 0 bridgehead atoms. The second-order valence-electron chi connectivity index (χ2n) is 9.49. The maximum atomic E-state index is 13.6. The van der Waals surface area contributed by atoms with Crippen LogP contribution in [0.15, 0.2) is 47.3 Å². The molecule has 0 saturated carbocycles. The fourth-order valence-electron chi connectivity index (χ4n) is 4.59. The molecule has 6 heteroatoms. The molecule has 2 heterocycles. The Morgan fingerprint density at radius 1 is 1.09 bits per heavy atom. The van der Waals surface area contributed by atoms with Gasteiger partial charge in [0.05, 0.1) is 31.9 Å². The number of nitrogens with one attached hydrogen (secondary N) is 1. The lowest BCUT2D eigenvalue weighted by Crippen LogP contribution is -2.44. The molecule has 1 saturated heterocycles. The number of hydrogen-bond acceptors (Lipinski definition) is 5. The lowest BCUT2D eigenvalue weighted by molar-refractivity contribution is -0.0630. The topological polar surface area (TPSA) is 61.7 Å². The summed E-state index contributed by atoms with van der Waals surface area (Å²) in [6.07, 6.45) is 1.86. The molecule has 1 aliphatic heterocycles.